The van der Waals surface area contributed by atoms with Crippen LogP contribution in [-0.2, 0) is 22.4 Å². The van der Waals surface area contributed by atoms with Crippen molar-refractivity contribution in [2.45, 2.75) is 32.1 Å². The molecule has 0 atom stereocenters. The van der Waals surface area contributed by atoms with Crippen LogP contribution in [-0.4, -0.2) is 31.5 Å². The van der Waals surface area contributed by atoms with Gasteiger partial charge in [-0.1, -0.05) is 6.42 Å². The molecule has 1 N–H and O–H groups in total. The quantitative estimate of drug-likeness (QED) is 0.630. The number of esters is 1. The molecular formula is C20H21NO5S. The highest BCUT2D eigenvalue weighted by atomic mass is 32.1. The monoisotopic (exact) mass is 387 g/mol. The van der Waals surface area contributed by atoms with Crippen molar-refractivity contribution in [3.63, 3.8) is 0 Å². The van der Waals surface area contributed by atoms with Crippen molar-refractivity contribution in [3.05, 3.63) is 51.2 Å². The molecule has 2 amide bonds. The molecule has 0 bridgehead atoms. The van der Waals surface area contributed by atoms with Gasteiger partial charge in [-0.15, -0.1) is 11.3 Å². The zero-order chi connectivity index (χ0) is 19.2. The van der Waals surface area contributed by atoms with Crippen LogP contribution in [0.25, 0.3) is 0 Å². The molecule has 27 heavy (non-hydrogen) atoms. The smallest absolute Gasteiger partial charge is 0.348 e. The lowest BCUT2D eigenvalue weighted by atomic mass is 10.1. The Morgan fingerprint density at radius 2 is 1.81 bits per heavy atom. The van der Waals surface area contributed by atoms with E-state index in [1.54, 1.807) is 24.3 Å². The van der Waals surface area contributed by atoms with E-state index in [1.165, 1.54) is 35.3 Å². The number of hydrogen-bond acceptors (Lipinski definition) is 6. The van der Waals surface area contributed by atoms with Crippen molar-refractivity contribution >= 4 is 29.1 Å². The van der Waals surface area contributed by atoms with Crippen LogP contribution in [0, 0.1) is 0 Å². The number of hydrogen-bond donors (Lipinski definition) is 1. The summed E-state index contributed by atoms with van der Waals surface area (Å²) < 4.78 is 10.1. The minimum Gasteiger partial charge on any atom is -0.497 e. The minimum atomic E-state index is -0.665. The van der Waals surface area contributed by atoms with E-state index in [4.69, 9.17) is 9.47 Å². The number of rotatable bonds is 5. The van der Waals surface area contributed by atoms with E-state index >= 15 is 0 Å². The maximum atomic E-state index is 12.2. The first-order valence-electron chi connectivity index (χ1n) is 8.84. The summed E-state index contributed by atoms with van der Waals surface area (Å²) in [6, 6.07) is 8.22. The fourth-order valence-electron chi connectivity index (χ4n) is 2.95. The molecule has 6 nitrogen and oxygen atoms in total. The Bertz CT molecular complexity index is 817. The highest BCUT2D eigenvalue weighted by Gasteiger charge is 2.19. The number of carbonyl (C=O) groups excluding carboxylic acids is 3. The molecule has 1 aliphatic rings. The second-order valence-electron chi connectivity index (χ2n) is 6.30. The van der Waals surface area contributed by atoms with Gasteiger partial charge in [-0.2, -0.15) is 0 Å². The Morgan fingerprint density at radius 3 is 2.56 bits per heavy atom. The molecule has 1 aliphatic carbocycles. The summed E-state index contributed by atoms with van der Waals surface area (Å²) in [5.41, 5.74) is 1.53. The number of carbonyl (C=O) groups is 3. The minimum absolute atomic E-state index is 0.317. The average molecular weight is 387 g/mol. The van der Waals surface area contributed by atoms with Crippen LogP contribution in [0.2, 0.25) is 0 Å². The molecule has 3 rings (SSSR count). The molecule has 1 aromatic carbocycles. The SMILES string of the molecule is COc1ccc(C(=O)NC(=O)COC(=O)c2cc3c(s2)CCCCC3)cc1. The molecule has 0 spiro atoms. The fourth-order valence-corrected chi connectivity index (χ4v) is 4.09. The normalized spacial score (nSPS) is 13.2. The number of nitrogens with one attached hydrogen (secondary N) is 1. The largest absolute Gasteiger partial charge is 0.497 e. The van der Waals surface area contributed by atoms with Crippen molar-refractivity contribution in [1.29, 1.82) is 0 Å². The standard InChI is InChI=1S/C20H21NO5S/c1-25-15-9-7-13(8-10-15)19(23)21-18(22)12-26-20(24)17-11-14-5-3-2-4-6-16(14)27-17/h7-11H,2-6,12H2,1H3,(H,21,22,23). The van der Waals surface area contributed by atoms with E-state index in [0.29, 0.717) is 16.2 Å². The van der Waals surface area contributed by atoms with Crippen LogP contribution < -0.4 is 10.1 Å². The Kier molecular flexibility index (Phi) is 6.24. The summed E-state index contributed by atoms with van der Waals surface area (Å²) >= 11 is 1.44. The van der Waals surface area contributed by atoms with Crippen LogP contribution in [0.4, 0.5) is 0 Å². The number of ether oxygens (including phenoxy) is 2. The van der Waals surface area contributed by atoms with Gasteiger partial charge in [-0.05, 0) is 61.6 Å². The van der Waals surface area contributed by atoms with Gasteiger partial charge in [0.2, 0.25) is 0 Å². The first-order chi connectivity index (χ1) is 13.1. The lowest BCUT2D eigenvalue weighted by molar-refractivity contribution is -0.123. The molecule has 0 saturated heterocycles. The summed E-state index contributed by atoms with van der Waals surface area (Å²) in [5, 5.41) is 2.21. The molecule has 142 valence electrons. The van der Waals surface area contributed by atoms with Crippen LogP contribution in [0.3, 0.4) is 0 Å². The molecule has 0 fully saturated rings. The van der Waals surface area contributed by atoms with E-state index in [9.17, 15) is 14.4 Å². The third kappa shape index (κ3) is 4.95. The third-order valence-electron chi connectivity index (χ3n) is 4.39. The van der Waals surface area contributed by atoms with Crippen LogP contribution >= 0.6 is 11.3 Å². The Labute approximate surface area is 161 Å². The van der Waals surface area contributed by atoms with Gasteiger partial charge in [0.25, 0.3) is 11.8 Å². The first kappa shape index (κ1) is 19.1. The third-order valence-corrected chi connectivity index (χ3v) is 5.60. The average Bonchev–Trinajstić information content (AvgIpc) is 2.96. The molecule has 0 aliphatic heterocycles. The number of aryl methyl sites for hydroxylation is 2. The van der Waals surface area contributed by atoms with E-state index in [-0.39, 0.29) is 0 Å². The molecule has 0 radical (unpaired) electrons. The van der Waals surface area contributed by atoms with Gasteiger partial charge in [-0.25, -0.2) is 4.79 Å². The zero-order valence-electron chi connectivity index (χ0n) is 15.1. The maximum absolute atomic E-state index is 12.2. The Balaban J connectivity index is 1.51. The van der Waals surface area contributed by atoms with Crippen molar-refractivity contribution < 1.29 is 23.9 Å². The number of methoxy groups -OCH3 is 1. The molecule has 7 heteroatoms. The Hall–Kier alpha value is -2.67. The predicted molar refractivity (Wildman–Crippen MR) is 101 cm³/mol. The molecule has 0 unspecified atom stereocenters. The molecule has 1 heterocycles. The van der Waals surface area contributed by atoms with E-state index in [1.807, 2.05) is 6.07 Å². The maximum Gasteiger partial charge on any atom is 0.348 e. The first-order valence-corrected chi connectivity index (χ1v) is 9.65. The molecular weight excluding hydrogens is 366 g/mol. The van der Waals surface area contributed by atoms with Crippen molar-refractivity contribution in [2.75, 3.05) is 13.7 Å². The van der Waals surface area contributed by atoms with E-state index in [2.05, 4.69) is 5.32 Å². The summed E-state index contributed by atoms with van der Waals surface area (Å²) in [4.78, 5) is 37.9. The van der Waals surface area contributed by atoms with Crippen LogP contribution in [0.1, 0.15) is 49.7 Å². The zero-order valence-corrected chi connectivity index (χ0v) is 15.9. The summed E-state index contributed by atoms with van der Waals surface area (Å²) in [6.07, 6.45) is 5.45. The fraction of sp³-hybridized carbons (Fsp3) is 0.350. The highest BCUT2D eigenvalue weighted by Crippen LogP contribution is 2.29. The van der Waals surface area contributed by atoms with Crippen LogP contribution in [0.15, 0.2) is 30.3 Å². The number of amides is 2. The van der Waals surface area contributed by atoms with Gasteiger partial charge < -0.3 is 9.47 Å². The van der Waals surface area contributed by atoms with Gasteiger partial charge in [0.15, 0.2) is 6.61 Å². The topological polar surface area (TPSA) is 81.7 Å². The van der Waals surface area contributed by atoms with Gasteiger partial charge in [0.05, 0.1) is 7.11 Å². The highest BCUT2D eigenvalue weighted by molar-refractivity contribution is 7.14. The van der Waals surface area contributed by atoms with Gasteiger partial charge >= 0.3 is 5.97 Å². The molecule has 1 aromatic heterocycles. The summed E-state index contributed by atoms with van der Waals surface area (Å²) in [5.74, 6) is -1.13. The van der Waals surface area contributed by atoms with Crippen molar-refractivity contribution in [3.8, 4) is 5.75 Å². The lowest BCUT2D eigenvalue weighted by Crippen LogP contribution is -2.34. The number of thiophene rings is 1. The molecule has 2 aromatic rings. The van der Waals surface area contributed by atoms with Crippen molar-refractivity contribution in [2.24, 2.45) is 0 Å². The number of benzene rings is 1. The van der Waals surface area contributed by atoms with Crippen LogP contribution in [0.5, 0.6) is 5.75 Å². The van der Waals surface area contributed by atoms with E-state index < -0.39 is 24.4 Å². The lowest BCUT2D eigenvalue weighted by Gasteiger charge is -2.06. The molecule has 0 saturated carbocycles. The van der Waals surface area contributed by atoms with Gasteiger partial charge in [0.1, 0.15) is 10.6 Å². The van der Waals surface area contributed by atoms with E-state index in [0.717, 1.165) is 25.7 Å². The predicted octanol–water partition coefficient (Wildman–Crippen LogP) is 3.14. The summed E-state index contributed by atoms with van der Waals surface area (Å²) in [6.45, 7) is -0.497. The number of imide groups is 1. The van der Waals surface area contributed by atoms with Gasteiger partial charge in [-0.3, -0.25) is 14.9 Å². The van der Waals surface area contributed by atoms with Crippen molar-refractivity contribution in [1.82, 2.24) is 5.32 Å². The summed E-state index contributed by atoms with van der Waals surface area (Å²) in [7, 11) is 1.53. The number of fused-ring (bicyclic) bond motifs is 1. The van der Waals surface area contributed by atoms with Gasteiger partial charge in [0, 0.05) is 10.4 Å². The second kappa shape index (κ2) is 8.81. The Morgan fingerprint density at radius 1 is 1.07 bits per heavy atom. The second-order valence-corrected chi connectivity index (χ2v) is 7.44.